The summed E-state index contributed by atoms with van der Waals surface area (Å²) in [6, 6.07) is 9.99. The summed E-state index contributed by atoms with van der Waals surface area (Å²) >= 11 is 0. The van der Waals surface area contributed by atoms with E-state index in [-0.39, 0.29) is 17.1 Å². The van der Waals surface area contributed by atoms with Crippen molar-refractivity contribution in [3.63, 3.8) is 0 Å². The Balaban J connectivity index is 2.26. The number of carboxylic acid groups (broad SMARTS) is 1. The van der Waals surface area contributed by atoms with Gasteiger partial charge in [0.25, 0.3) is 0 Å². The summed E-state index contributed by atoms with van der Waals surface area (Å²) in [4.78, 5) is 23.5. The van der Waals surface area contributed by atoms with E-state index in [9.17, 15) is 19.8 Å². The van der Waals surface area contributed by atoms with Crippen LogP contribution in [0, 0.1) is 13.8 Å². The summed E-state index contributed by atoms with van der Waals surface area (Å²) in [5.41, 5.74) is 1.22. The number of aliphatic carboxylic acids is 1. The van der Waals surface area contributed by atoms with Gasteiger partial charge in [0, 0.05) is 0 Å². The molecule has 0 aliphatic rings. The van der Waals surface area contributed by atoms with Crippen LogP contribution < -0.4 is 4.74 Å². The molecule has 5 heteroatoms. The number of carbonyl (C=O) groups excluding carboxylic acids is 1. The molecule has 0 spiro atoms. The molecule has 0 fully saturated rings. The summed E-state index contributed by atoms with van der Waals surface area (Å²) in [6.45, 7) is 6.63. The van der Waals surface area contributed by atoms with Crippen molar-refractivity contribution < 1.29 is 24.5 Å². The van der Waals surface area contributed by atoms with Crippen molar-refractivity contribution in [2.24, 2.45) is 0 Å². The highest BCUT2D eigenvalue weighted by atomic mass is 16.5. The Morgan fingerprint density at radius 1 is 1.08 bits per heavy atom. The van der Waals surface area contributed by atoms with Crippen LogP contribution in [0.25, 0.3) is 6.08 Å². The number of carboxylic acids is 1. The zero-order valence-corrected chi connectivity index (χ0v) is 15.2. The number of benzene rings is 2. The topological polar surface area (TPSA) is 83.8 Å². The van der Waals surface area contributed by atoms with Gasteiger partial charge in [0.05, 0.1) is 5.56 Å². The van der Waals surface area contributed by atoms with Crippen molar-refractivity contribution in [2.75, 3.05) is 0 Å². The predicted molar refractivity (Wildman–Crippen MR) is 99.7 cm³/mol. The average Bonchev–Trinajstić information content (AvgIpc) is 2.56. The standard InChI is InChI=1S/C21H22O5/c1-13-11-15(9-10-18(23)16-7-5-6-8-17(16)22)12-14(2)19(13)26-21(3,4)20(24)25/h5-12,22H,1-4H3,(H,24,25)/b10-9+. The minimum atomic E-state index is -1.34. The van der Waals surface area contributed by atoms with E-state index in [4.69, 9.17) is 4.74 Å². The van der Waals surface area contributed by atoms with Gasteiger partial charge in [-0.1, -0.05) is 18.2 Å². The zero-order valence-electron chi connectivity index (χ0n) is 15.2. The molecular weight excluding hydrogens is 332 g/mol. The number of aromatic hydroxyl groups is 1. The maximum absolute atomic E-state index is 12.2. The molecule has 0 atom stereocenters. The molecule has 0 saturated heterocycles. The minimum absolute atomic E-state index is 0.0610. The van der Waals surface area contributed by atoms with E-state index < -0.39 is 11.6 Å². The summed E-state index contributed by atoms with van der Waals surface area (Å²) in [6.07, 6.45) is 3.05. The number of hydrogen-bond acceptors (Lipinski definition) is 4. The Hall–Kier alpha value is -3.08. The molecule has 0 aliphatic heterocycles. The van der Waals surface area contributed by atoms with E-state index in [0.29, 0.717) is 5.75 Å². The second-order valence-corrected chi connectivity index (χ2v) is 6.62. The van der Waals surface area contributed by atoms with Gasteiger partial charge in [0.2, 0.25) is 0 Å². The van der Waals surface area contributed by atoms with Crippen LogP contribution in [0.5, 0.6) is 11.5 Å². The van der Waals surface area contributed by atoms with Crippen LogP contribution in [0.15, 0.2) is 42.5 Å². The van der Waals surface area contributed by atoms with Crippen molar-refractivity contribution in [2.45, 2.75) is 33.3 Å². The summed E-state index contributed by atoms with van der Waals surface area (Å²) < 4.78 is 5.67. The molecular formula is C21H22O5. The molecule has 26 heavy (non-hydrogen) atoms. The van der Waals surface area contributed by atoms with E-state index in [1.807, 2.05) is 26.0 Å². The Labute approximate surface area is 152 Å². The molecule has 2 aromatic carbocycles. The molecule has 2 N–H and O–H groups in total. The lowest BCUT2D eigenvalue weighted by Crippen LogP contribution is -2.38. The largest absolute Gasteiger partial charge is 0.507 e. The van der Waals surface area contributed by atoms with Crippen LogP contribution in [0.3, 0.4) is 0 Å². The third-order valence-electron chi connectivity index (χ3n) is 3.95. The van der Waals surface area contributed by atoms with Gasteiger partial charge in [-0.2, -0.15) is 0 Å². The number of allylic oxidation sites excluding steroid dienone is 1. The van der Waals surface area contributed by atoms with Crippen molar-refractivity contribution in [3.8, 4) is 11.5 Å². The smallest absolute Gasteiger partial charge is 0.347 e. The molecule has 0 aromatic heterocycles. The highest BCUT2D eigenvalue weighted by Crippen LogP contribution is 2.29. The van der Waals surface area contributed by atoms with Gasteiger partial charge in [-0.15, -0.1) is 0 Å². The van der Waals surface area contributed by atoms with Crippen LogP contribution in [0.1, 0.15) is 40.9 Å². The molecule has 0 bridgehead atoms. The second kappa shape index (κ2) is 7.44. The molecule has 0 heterocycles. The van der Waals surface area contributed by atoms with Gasteiger partial charge in [-0.25, -0.2) is 4.79 Å². The quantitative estimate of drug-likeness (QED) is 0.601. The SMILES string of the molecule is Cc1cc(/C=C/C(=O)c2ccccc2O)cc(C)c1OC(C)(C)C(=O)O. The van der Waals surface area contributed by atoms with Crippen LogP contribution in [0.2, 0.25) is 0 Å². The Bertz CT molecular complexity index is 855. The average molecular weight is 354 g/mol. The second-order valence-electron chi connectivity index (χ2n) is 6.62. The van der Waals surface area contributed by atoms with Crippen molar-refractivity contribution in [1.29, 1.82) is 0 Å². The van der Waals surface area contributed by atoms with Crippen LogP contribution in [-0.4, -0.2) is 27.6 Å². The third kappa shape index (κ3) is 4.30. The molecule has 136 valence electrons. The fourth-order valence-electron chi connectivity index (χ4n) is 2.48. The number of rotatable bonds is 6. The van der Waals surface area contributed by atoms with Gasteiger partial charge in [-0.3, -0.25) is 4.79 Å². The lowest BCUT2D eigenvalue weighted by molar-refractivity contribution is -0.152. The Morgan fingerprint density at radius 3 is 2.19 bits per heavy atom. The highest BCUT2D eigenvalue weighted by molar-refractivity contribution is 6.08. The number of ether oxygens (including phenoxy) is 1. The normalized spacial score (nSPS) is 11.5. The lowest BCUT2D eigenvalue weighted by atomic mass is 10.0. The Morgan fingerprint density at radius 2 is 1.65 bits per heavy atom. The van der Waals surface area contributed by atoms with Crippen LogP contribution >= 0.6 is 0 Å². The molecule has 0 amide bonds. The number of aryl methyl sites for hydroxylation is 2. The number of ketones is 1. The molecule has 0 saturated carbocycles. The Kier molecular flexibility index (Phi) is 5.50. The maximum atomic E-state index is 12.2. The van der Waals surface area contributed by atoms with Gasteiger partial charge >= 0.3 is 5.97 Å². The zero-order chi connectivity index (χ0) is 19.5. The van der Waals surface area contributed by atoms with E-state index >= 15 is 0 Å². The fraction of sp³-hybridized carbons (Fsp3) is 0.238. The molecule has 5 nitrogen and oxygen atoms in total. The maximum Gasteiger partial charge on any atom is 0.347 e. The molecule has 2 aromatic rings. The van der Waals surface area contributed by atoms with Crippen LogP contribution in [0.4, 0.5) is 0 Å². The first-order chi connectivity index (χ1) is 12.1. The van der Waals surface area contributed by atoms with E-state index in [2.05, 4.69) is 0 Å². The van der Waals surface area contributed by atoms with E-state index in [1.165, 1.54) is 26.0 Å². The number of phenols is 1. The van der Waals surface area contributed by atoms with Gasteiger partial charge in [-0.05, 0) is 74.7 Å². The molecule has 0 radical (unpaired) electrons. The summed E-state index contributed by atoms with van der Waals surface area (Å²) in [5, 5.41) is 19.0. The minimum Gasteiger partial charge on any atom is -0.507 e. The number of para-hydroxylation sites is 1. The number of carbonyl (C=O) groups is 2. The number of phenolic OH excluding ortho intramolecular Hbond substituents is 1. The van der Waals surface area contributed by atoms with Crippen molar-refractivity contribution in [1.82, 2.24) is 0 Å². The van der Waals surface area contributed by atoms with Crippen LogP contribution in [-0.2, 0) is 4.79 Å². The first kappa shape index (κ1) is 19.2. The fourth-order valence-corrected chi connectivity index (χ4v) is 2.48. The first-order valence-corrected chi connectivity index (χ1v) is 8.16. The van der Waals surface area contributed by atoms with Gasteiger partial charge in [0.15, 0.2) is 11.4 Å². The lowest BCUT2D eigenvalue weighted by Gasteiger charge is -2.24. The predicted octanol–water partition coefficient (Wildman–Crippen LogP) is 4.15. The monoisotopic (exact) mass is 354 g/mol. The molecule has 0 unspecified atom stereocenters. The van der Waals surface area contributed by atoms with Crippen molar-refractivity contribution >= 4 is 17.8 Å². The molecule has 0 aliphatic carbocycles. The summed E-state index contributed by atoms with van der Waals surface area (Å²) in [5.74, 6) is -0.893. The highest BCUT2D eigenvalue weighted by Gasteiger charge is 2.30. The summed E-state index contributed by atoms with van der Waals surface area (Å²) in [7, 11) is 0. The first-order valence-electron chi connectivity index (χ1n) is 8.16. The third-order valence-corrected chi connectivity index (χ3v) is 3.95. The van der Waals surface area contributed by atoms with Gasteiger partial charge < -0.3 is 14.9 Å². The van der Waals surface area contributed by atoms with Crippen molar-refractivity contribution in [3.05, 3.63) is 64.7 Å². The van der Waals surface area contributed by atoms with E-state index in [0.717, 1.165) is 16.7 Å². The number of hydrogen-bond donors (Lipinski definition) is 2. The molecule has 2 rings (SSSR count). The van der Waals surface area contributed by atoms with E-state index in [1.54, 1.807) is 24.3 Å². The van der Waals surface area contributed by atoms with Gasteiger partial charge in [0.1, 0.15) is 11.5 Å².